The van der Waals surface area contributed by atoms with Gasteiger partial charge in [0.15, 0.2) is 0 Å². The van der Waals surface area contributed by atoms with Gasteiger partial charge in [-0.25, -0.2) is 0 Å². The van der Waals surface area contributed by atoms with Gasteiger partial charge in [0.1, 0.15) is 36.9 Å². The molecule has 2 aromatic rings. The van der Waals surface area contributed by atoms with E-state index in [4.69, 9.17) is 21.1 Å². The number of rotatable bonds is 11. The first kappa shape index (κ1) is 23.8. The van der Waals surface area contributed by atoms with Crippen molar-refractivity contribution in [2.75, 3.05) is 39.4 Å². The van der Waals surface area contributed by atoms with E-state index in [2.05, 4.69) is 10.2 Å². The van der Waals surface area contributed by atoms with E-state index in [1.807, 2.05) is 31.2 Å². The summed E-state index contributed by atoms with van der Waals surface area (Å²) in [5.41, 5.74) is 1.19. The van der Waals surface area contributed by atoms with Crippen molar-refractivity contribution in [2.24, 2.45) is 0 Å². The van der Waals surface area contributed by atoms with Gasteiger partial charge in [0.25, 0.3) is 0 Å². The Bertz CT molecular complexity index is 764. The van der Waals surface area contributed by atoms with Crippen molar-refractivity contribution in [3.05, 3.63) is 59.1 Å². The zero-order chi connectivity index (χ0) is 22.1. The van der Waals surface area contributed by atoms with Crippen LogP contribution in [0.4, 0.5) is 0 Å². The highest BCUT2D eigenvalue weighted by molar-refractivity contribution is 6.30. The average Bonchev–Trinajstić information content (AvgIpc) is 2.78. The van der Waals surface area contributed by atoms with E-state index in [1.165, 1.54) is 5.56 Å². The molecule has 170 valence electrons. The van der Waals surface area contributed by atoms with E-state index in [1.54, 1.807) is 24.3 Å². The van der Waals surface area contributed by atoms with E-state index >= 15 is 0 Å². The highest BCUT2D eigenvalue weighted by Crippen LogP contribution is 2.16. The largest absolute Gasteiger partial charge is 0.491 e. The maximum absolute atomic E-state index is 10.3. The molecule has 2 atom stereocenters. The summed E-state index contributed by atoms with van der Waals surface area (Å²) in [6.07, 6.45) is 0.874. The first-order valence-corrected chi connectivity index (χ1v) is 11.3. The molecule has 0 spiro atoms. The Morgan fingerprint density at radius 1 is 0.935 bits per heavy atom. The quantitative estimate of drug-likeness (QED) is 0.491. The van der Waals surface area contributed by atoms with E-state index in [-0.39, 0.29) is 6.61 Å². The molecule has 0 radical (unpaired) electrons. The number of ether oxygens (including phenoxy) is 2. The lowest BCUT2D eigenvalue weighted by Crippen LogP contribution is -2.47. The van der Waals surface area contributed by atoms with Crippen molar-refractivity contribution >= 4 is 11.6 Å². The van der Waals surface area contributed by atoms with Crippen molar-refractivity contribution in [1.29, 1.82) is 0 Å². The number of piperidine rings is 1. The molecule has 1 saturated heterocycles. The number of hydrogen-bond acceptors (Lipinski definition) is 6. The second-order valence-corrected chi connectivity index (χ2v) is 8.62. The Balaban J connectivity index is 1.26. The topological polar surface area (TPSA) is 74.2 Å². The molecule has 1 fully saturated rings. The van der Waals surface area contributed by atoms with Crippen molar-refractivity contribution < 1.29 is 19.7 Å². The number of aryl methyl sites for hydroxylation is 1. The fourth-order valence-corrected chi connectivity index (χ4v) is 3.71. The molecule has 0 aromatic heterocycles. The minimum atomic E-state index is -0.575. The van der Waals surface area contributed by atoms with Gasteiger partial charge in [-0.1, -0.05) is 29.3 Å². The standard InChI is InChI=1S/C24H33ClN2O4/c1-18-2-6-23(7-3-18)31-17-22(29)15-27-12-10-20(11-13-27)26-14-21(28)16-30-24-8-4-19(25)5-9-24/h2-9,20-22,26,28-29H,10-17H2,1H3. The van der Waals surface area contributed by atoms with Gasteiger partial charge in [-0.05, 0) is 69.3 Å². The van der Waals surface area contributed by atoms with Crippen LogP contribution in [-0.4, -0.2) is 72.8 Å². The SMILES string of the molecule is Cc1ccc(OCC(O)CN2CCC(NCC(O)COc3ccc(Cl)cc3)CC2)cc1. The van der Waals surface area contributed by atoms with Gasteiger partial charge >= 0.3 is 0 Å². The van der Waals surface area contributed by atoms with Crippen LogP contribution in [-0.2, 0) is 0 Å². The molecule has 1 aliphatic rings. The molecule has 6 nitrogen and oxygen atoms in total. The molecule has 1 aliphatic heterocycles. The minimum Gasteiger partial charge on any atom is -0.491 e. The molecular weight excluding hydrogens is 416 g/mol. The zero-order valence-corrected chi connectivity index (χ0v) is 18.8. The van der Waals surface area contributed by atoms with Gasteiger partial charge in [0.2, 0.25) is 0 Å². The smallest absolute Gasteiger partial charge is 0.119 e. The fourth-order valence-electron chi connectivity index (χ4n) is 3.58. The van der Waals surface area contributed by atoms with E-state index in [0.29, 0.717) is 36.5 Å². The lowest BCUT2D eigenvalue weighted by Gasteiger charge is -2.33. The number of nitrogens with one attached hydrogen (secondary N) is 1. The Morgan fingerprint density at radius 2 is 1.48 bits per heavy atom. The molecule has 0 saturated carbocycles. The summed E-state index contributed by atoms with van der Waals surface area (Å²) >= 11 is 5.86. The summed E-state index contributed by atoms with van der Waals surface area (Å²) in [7, 11) is 0. The monoisotopic (exact) mass is 448 g/mol. The fraction of sp³-hybridized carbons (Fsp3) is 0.500. The third-order valence-electron chi connectivity index (χ3n) is 5.42. The average molecular weight is 449 g/mol. The molecule has 3 rings (SSSR count). The third-order valence-corrected chi connectivity index (χ3v) is 5.67. The van der Waals surface area contributed by atoms with Gasteiger partial charge in [-0.3, -0.25) is 0 Å². The molecule has 3 N–H and O–H groups in total. The van der Waals surface area contributed by atoms with Crippen molar-refractivity contribution in [1.82, 2.24) is 10.2 Å². The maximum atomic E-state index is 10.3. The summed E-state index contributed by atoms with van der Waals surface area (Å²) in [5, 5.41) is 24.5. The molecular formula is C24H33ClN2O4. The molecule has 7 heteroatoms. The van der Waals surface area contributed by atoms with E-state index in [9.17, 15) is 10.2 Å². The number of halogens is 1. The molecule has 2 aromatic carbocycles. The lowest BCUT2D eigenvalue weighted by atomic mass is 10.0. The number of aliphatic hydroxyl groups is 2. The van der Waals surface area contributed by atoms with Crippen LogP contribution in [0.5, 0.6) is 11.5 Å². The van der Waals surface area contributed by atoms with Crippen LogP contribution in [0.2, 0.25) is 5.02 Å². The van der Waals surface area contributed by atoms with Gasteiger partial charge < -0.3 is 29.9 Å². The molecule has 0 aliphatic carbocycles. The summed E-state index contributed by atoms with van der Waals surface area (Å²) in [4.78, 5) is 2.27. The van der Waals surface area contributed by atoms with Gasteiger partial charge in [-0.15, -0.1) is 0 Å². The second-order valence-electron chi connectivity index (χ2n) is 8.18. The van der Waals surface area contributed by atoms with Crippen LogP contribution >= 0.6 is 11.6 Å². The first-order chi connectivity index (χ1) is 15.0. The number of likely N-dealkylation sites (tertiary alicyclic amines) is 1. The lowest BCUT2D eigenvalue weighted by molar-refractivity contribution is 0.0556. The normalized spacial score (nSPS) is 17.3. The van der Waals surface area contributed by atoms with Crippen LogP contribution in [0.3, 0.4) is 0 Å². The predicted octanol–water partition coefficient (Wildman–Crippen LogP) is 2.88. The third kappa shape index (κ3) is 8.67. The Morgan fingerprint density at radius 3 is 2.10 bits per heavy atom. The van der Waals surface area contributed by atoms with Crippen molar-refractivity contribution in [2.45, 2.75) is 38.0 Å². The van der Waals surface area contributed by atoms with E-state index < -0.39 is 12.2 Å². The summed E-state index contributed by atoms with van der Waals surface area (Å²) < 4.78 is 11.3. The number of β-amino-alcohol motifs (C(OH)–C–C–N with tert-alkyl or cyclic N) is 1. The molecule has 0 bridgehead atoms. The molecule has 0 amide bonds. The summed E-state index contributed by atoms with van der Waals surface area (Å²) in [5.74, 6) is 1.48. The Labute approximate surface area is 189 Å². The number of benzene rings is 2. The Kier molecular flexibility index (Phi) is 9.43. The number of aliphatic hydroxyl groups excluding tert-OH is 2. The number of hydrogen-bond donors (Lipinski definition) is 3. The molecule has 2 unspecified atom stereocenters. The highest BCUT2D eigenvalue weighted by Gasteiger charge is 2.21. The van der Waals surface area contributed by atoms with Crippen LogP contribution < -0.4 is 14.8 Å². The van der Waals surface area contributed by atoms with Crippen molar-refractivity contribution in [3.8, 4) is 11.5 Å². The van der Waals surface area contributed by atoms with E-state index in [0.717, 1.165) is 31.7 Å². The van der Waals surface area contributed by atoms with Gasteiger partial charge in [0.05, 0.1) is 0 Å². The maximum Gasteiger partial charge on any atom is 0.119 e. The highest BCUT2D eigenvalue weighted by atomic mass is 35.5. The Hall–Kier alpha value is -1.83. The summed E-state index contributed by atoms with van der Waals surface area (Å²) in [6.45, 7) is 5.49. The molecule has 1 heterocycles. The number of nitrogens with zero attached hydrogens (tertiary/aromatic N) is 1. The van der Waals surface area contributed by atoms with Crippen molar-refractivity contribution in [3.63, 3.8) is 0 Å². The van der Waals surface area contributed by atoms with Crippen LogP contribution in [0.15, 0.2) is 48.5 Å². The zero-order valence-electron chi connectivity index (χ0n) is 18.0. The van der Waals surface area contributed by atoms with Crippen LogP contribution in [0.1, 0.15) is 18.4 Å². The predicted molar refractivity (Wildman–Crippen MR) is 123 cm³/mol. The minimum absolute atomic E-state index is 0.237. The second kappa shape index (κ2) is 12.3. The van der Waals surface area contributed by atoms with Crippen LogP contribution in [0, 0.1) is 6.92 Å². The first-order valence-electron chi connectivity index (χ1n) is 10.9. The van der Waals surface area contributed by atoms with Gasteiger partial charge in [0, 0.05) is 24.2 Å². The molecule has 31 heavy (non-hydrogen) atoms. The van der Waals surface area contributed by atoms with Gasteiger partial charge in [-0.2, -0.15) is 0 Å². The van der Waals surface area contributed by atoms with Crippen LogP contribution in [0.25, 0.3) is 0 Å². The summed E-state index contributed by atoms with van der Waals surface area (Å²) in [6, 6.07) is 15.3.